The minimum Gasteiger partial charge on any atom is -0.334 e. The maximum Gasteiger partial charge on any atom is 0.322 e. The molecule has 0 spiro atoms. The molecule has 0 aliphatic carbocycles. The molecule has 6 heteroatoms. The van der Waals surface area contributed by atoms with Gasteiger partial charge in [0.2, 0.25) is 5.82 Å². The summed E-state index contributed by atoms with van der Waals surface area (Å²) in [7, 11) is 0. The number of aryl methyl sites for hydroxylation is 1. The van der Waals surface area contributed by atoms with E-state index in [0.717, 1.165) is 28.0 Å². The van der Waals surface area contributed by atoms with Crippen molar-refractivity contribution in [2.75, 3.05) is 6.54 Å². The number of carbonyl (C=O) groups is 1. The fourth-order valence-electron chi connectivity index (χ4n) is 3.49. The van der Waals surface area contributed by atoms with Crippen LogP contribution in [0.3, 0.4) is 0 Å². The second-order valence-electron chi connectivity index (χ2n) is 6.83. The van der Waals surface area contributed by atoms with Gasteiger partial charge < -0.3 is 9.84 Å². The van der Waals surface area contributed by atoms with Gasteiger partial charge in [0.25, 0.3) is 5.89 Å². The Labute approximate surface area is 163 Å². The molecule has 1 atom stereocenters. The van der Waals surface area contributed by atoms with Gasteiger partial charge >= 0.3 is 6.03 Å². The highest BCUT2D eigenvalue weighted by Crippen LogP contribution is 2.37. The molecule has 3 aromatic rings. The lowest BCUT2D eigenvalue weighted by molar-refractivity contribution is 0.207. The first kappa shape index (κ1) is 18.0. The number of carbonyl (C=O) groups excluding carboxylic acids is 1. The molecule has 1 N–H and O–H groups in total. The van der Waals surface area contributed by atoms with E-state index >= 15 is 0 Å². The lowest BCUT2D eigenvalue weighted by Gasteiger charge is -2.34. The number of hydrogen-bond acceptors (Lipinski definition) is 4. The normalized spacial score (nSPS) is 17.0. The third-order valence-electron chi connectivity index (χ3n) is 5.01. The summed E-state index contributed by atoms with van der Waals surface area (Å²) in [4.78, 5) is 18.9. The molecule has 4 rings (SSSR count). The van der Waals surface area contributed by atoms with Gasteiger partial charge in [-0.1, -0.05) is 65.3 Å². The second-order valence-corrected chi connectivity index (χ2v) is 6.83. The van der Waals surface area contributed by atoms with Crippen LogP contribution in [-0.2, 0) is 0 Å². The van der Waals surface area contributed by atoms with Crippen LogP contribution in [0.4, 0.5) is 4.79 Å². The summed E-state index contributed by atoms with van der Waals surface area (Å²) in [5.41, 5.74) is 4.66. The van der Waals surface area contributed by atoms with Crippen molar-refractivity contribution in [3.05, 3.63) is 77.3 Å². The fraction of sp³-hybridized carbons (Fsp3) is 0.227. The smallest absolute Gasteiger partial charge is 0.322 e. The molecule has 2 amide bonds. The Hall–Kier alpha value is -3.41. The van der Waals surface area contributed by atoms with Crippen LogP contribution in [0.5, 0.6) is 0 Å². The molecule has 0 fully saturated rings. The highest BCUT2D eigenvalue weighted by Gasteiger charge is 2.35. The topological polar surface area (TPSA) is 71.3 Å². The van der Waals surface area contributed by atoms with Gasteiger partial charge in [0.05, 0.1) is 11.6 Å². The Kier molecular flexibility index (Phi) is 4.69. The highest BCUT2D eigenvalue weighted by atomic mass is 16.5. The first-order chi connectivity index (χ1) is 13.6. The highest BCUT2D eigenvalue weighted by molar-refractivity contribution is 5.86. The summed E-state index contributed by atoms with van der Waals surface area (Å²) in [6, 6.07) is 17.3. The Balaban J connectivity index is 1.82. The van der Waals surface area contributed by atoms with Crippen LogP contribution in [0.2, 0.25) is 0 Å². The Morgan fingerprint density at radius 1 is 1.07 bits per heavy atom. The van der Waals surface area contributed by atoms with Crippen molar-refractivity contribution < 1.29 is 9.32 Å². The number of aromatic nitrogens is 2. The maximum absolute atomic E-state index is 12.6. The molecule has 1 aromatic heterocycles. The molecular formula is C22H22N4O2. The van der Waals surface area contributed by atoms with E-state index in [4.69, 9.17) is 4.52 Å². The summed E-state index contributed by atoms with van der Waals surface area (Å²) < 4.78 is 5.64. The van der Waals surface area contributed by atoms with Crippen LogP contribution in [0, 0.1) is 6.92 Å². The number of urea groups is 1. The van der Waals surface area contributed by atoms with Crippen molar-refractivity contribution in [2.24, 2.45) is 0 Å². The predicted octanol–water partition coefficient (Wildman–Crippen LogP) is 4.56. The van der Waals surface area contributed by atoms with Crippen molar-refractivity contribution in [1.82, 2.24) is 20.4 Å². The van der Waals surface area contributed by atoms with Crippen LogP contribution < -0.4 is 5.32 Å². The third-order valence-corrected chi connectivity index (χ3v) is 5.01. The maximum atomic E-state index is 12.6. The van der Waals surface area contributed by atoms with Crippen LogP contribution in [0.1, 0.15) is 36.9 Å². The van der Waals surface area contributed by atoms with Crippen LogP contribution in [0.15, 0.2) is 64.8 Å². The fourth-order valence-corrected chi connectivity index (χ4v) is 3.49. The van der Waals surface area contributed by atoms with E-state index < -0.39 is 0 Å². The zero-order valence-corrected chi connectivity index (χ0v) is 16.1. The zero-order valence-electron chi connectivity index (χ0n) is 16.1. The zero-order chi connectivity index (χ0) is 19.7. The molecule has 0 radical (unpaired) electrons. The van der Waals surface area contributed by atoms with E-state index in [1.807, 2.05) is 75.4 Å². The summed E-state index contributed by atoms with van der Waals surface area (Å²) in [6.07, 6.45) is 0. The van der Waals surface area contributed by atoms with E-state index in [-0.39, 0.29) is 12.1 Å². The minimum absolute atomic E-state index is 0.128. The summed E-state index contributed by atoms with van der Waals surface area (Å²) in [5, 5.41) is 7.24. The summed E-state index contributed by atoms with van der Waals surface area (Å²) >= 11 is 0. The van der Waals surface area contributed by atoms with Crippen molar-refractivity contribution in [2.45, 2.75) is 26.8 Å². The predicted molar refractivity (Wildman–Crippen MR) is 107 cm³/mol. The average Bonchev–Trinajstić information content (AvgIpc) is 3.19. The second kappa shape index (κ2) is 7.31. The molecule has 28 heavy (non-hydrogen) atoms. The number of rotatable bonds is 4. The third kappa shape index (κ3) is 3.17. The van der Waals surface area contributed by atoms with Gasteiger partial charge in [-0.15, -0.1) is 0 Å². The van der Waals surface area contributed by atoms with Gasteiger partial charge in [-0.05, 0) is 26.3 Å². The van der Waals surface area contributed by atoms with Gasteiger partial charge in [-0.2, -0.15) is 4.98 Å². The average molecular weight is 374 g/mol. The van der Waals surface area contributed by atoms with E-state index in [1.165, 1.54) is 0 Å². The van der Waals surface area contributed by atoms with E-state index in [9.17, 15) is 4.79 Å². The van der Waals surface area contributed by atoms with Gasteiger partial charge in [0.15, 0.2) is 0 Å². The standard InChI is InChI=1S/C22H22N4O2/c1-4-26-15(3)18(19(23-22(26)27)16-12-10-14(2)11-13-16)21-24-20(25-28-21)17-8-6-5-7-9-17/h5-13,19H,4H2,1-3H3,(H,23,27). The van der Waals surface area contributed by atoms with Gasteiger partial charge in [-0.3, -0.25) is 4.90 Å². The van der Waals surface area contributed by atoms with Gasteiger partial charge in [0.1, 0.15) is 0 Å². The molecule has 1 aliphatic rings. The molecule has 1 aliphatic heterocycles. The molecule has 142 valence electrons. The molecule has 0 saturated heterocycles. The molecule has 0 saturated carbocycles. The quantitative estimate of drug-likeness (QED) is 0.726. The van der Waals surface area contributed by atoms with Gasteiger partial charge in [0, 0.05) is 17.8 Å². The first-order valence-corrected chi connectivity index (χ1v) is 9.33. The summed E-state index contributed by atoms with van der Waals surface area (Å²) in [6.45, 7) is 6.46. The number of hydrogen-bond donors (Lipinski definition) is 1. The van der Waals surface area contributed by atoms with Crippen molar-refractivity contribution in [3.63, 3.8) is 0 Å². The molecule has 1 unspecified atom stereocenters. The first-order valence-electron chi connectivity index (χ1n) is 9.33. The molecule has 2 aromatic carbocycles. The number of allylic oxidation sites excluding steroid dienone is 1. The number of amides is 2. The lowest BCUT2D eigenvalue weighted by Crippen LogP contribution is -2.45. The van der Waals surface area contributed by atoms with Crippen molar-refractivity contribution in [1.29, 1.82) is 0 Å². The molecule has 0 bridgehead atoms. The monoisotopic (exact) mass is 374 g/mol. The van der Waals surface area contributed by atoms with Crippen molar-refractivity contribution in [3.8, 4) is 11.4 Å². The van der Waals surface area contributed by atoms with E-state index in [2.05, 4.69) is 15.5 Å². The Morgan fingerprint density at radius 2 is 1.79 bits per heavy atom. The van der Waals surface area contributed by atoms with Crippen LogP contribution >= 0.6 is 0 Å². The SMILES string of the molecule is CCN1C(=O)NC(c2ccc(C)cc2)C(c2nc(-c3ccccc3)no2)=C1C. The minimum atomic E-state index is -0.347. The van der Waals surface area contributed by atoms with E-state index in [0.29, 0.717) is 18.3 Å². The number of benzene rings is 2. The summed E-state index contributed by atoms with van der Waals surface area (Å²) in [5.74, 6) is 0.943. The van der Waals surface area contributed by atoms with Crippen LogP contribution in [-0.4, -0.2) is 27.6 Å². The number of nitrogens with zero attached hydrogens (tertiary/aromatic N) is 3. The molecule has 2 heterocycles. The lowest BCUT2D eigenvalue weighted by atomic mass is 9.94. The van der Waals surface area contributed by atoms with Gasteiger partial charge in [-0.25, -0.2) is 4.79 Å². The Morgan fingerprint density at radius 3 is 2.46 bits per heavy atom. The van der Waals surface area contributed by atoms with Crippen molar-refractivity contribution >= 4 is 11.6 Å². The number of nitrogens with one attached hydrogen (secondary N) is 1. The molecule has 6 nitrogen and oxygen atoms in total. The van der Waals surface area contributed by atoms with E-state index in [1.54, 1.807) is 4.90 Å². The van der Waals surface area contributed by atoms with Crippen LogP contribution in [0.25, 0.3) is 17.0 Å². The molecular weight excluding hydrogens is 352 g/mol. The largest absolute Gasteiger partial charge is 0.334 e. The Bertz CT molecular complexity index is 1020.